The molecular weight excluding hydrogens is 295 g/mol. The number of anilines is 1. The average Bonchev–Trinajstić information content (AvgIpc) is 2.91. The van der Waals surface area contributed by atoms with Gasteiger partial charge in [-0.25, -0.2) is 9.37 Å². The van der Waals surface area contributed by atoms with Crippen LogP contribution in [0.4, 0.5) is 10.3 Å². The minimum absolute atomic E-state index is 0.372. The average molecular weight is 306 g/mol. The van der Waals surface area contributed by atoms with Crippen molar-refractivity contribution in [1.29, 1.82) is 5.26 Å². The first-order chi connectivity index (χ1) is 11.2. The topological polar surface area (TPSA) is 70.7 Å². The van der Waals surface area contributed by atoms with Crippen LogP contribution in [-0.2, 0) is 4.79 Å². The van der Waals surface area contributed by atoms with E-state index in [9.17, 15) is 14.4 Å². The summed E-state index contributed by atoms with van der Waals surface area (Å²) in [5.41, 5.74) is 2.07. The third-order valence-corrected chi connectivity index (χ3v) is 4.04. The highest BCUT2D eigenvalue weighted by Gasteiger charge is 2.38. The molecule has 1 amide bonds. The van der Waals surface area contributed by atoms with Gasteiger partial charge < -0.3 is 4.57 Å². The third kappa shape index (κ3) is 1.98. The fourth-order valence-electron chi connectivity index (χ4n) is 3.06. The van der Waals surface area contributed by atoms with Crippen molar-refractivity contribution in [2.45, 2.75) is 6.04 Å². The number of fused-ring (bicyclic) bond motifs is 3. The largest absolute Gasteiger partial charge is 0.300 e. The minimum Gasteiger partial charge on any atom is -0.300 e. The zero-order valence-electron chi connectivity index (χ0n) is 11.9. The summed E-state index contributed by atoms with van der Waals surface area (Å²) >= 11 is 0. The lowest BCUT2D eigenvalue weighted by atomic mass is 9.91. The van der Waals surface area contributed by atoms with Crippen LogP contribution < -0.4 is 5.32 Å². The number of hydrogen-bond acceptors (Lipinski definition) is 3. The molecule has 1 aromatic heterocycles. The molecule has 23 heavy (non-hydrogen) atoms. The summed E-state index contributed by atoms with van der Waals surface area (Å²) in [4.78, 5) is 16.7. The minimum atomic E-state index is -0.957. The van der Waals surface area contributed by atoms with E-state index in [1.54, 1.807) is 16.7 Å². The molecule has 1 aliphatic heterocycles. The summed E-state index contributed by atoms with van der Waals surface area (Å²) in [6.07, 6.45) is 0. The second-order valence-corrected chi connectivity index (χ2v) is 5.39. The summed E-state index contributed by atoms with van der Waals surface area (Å²) in [7, 11) is 0. The van der Waals surface area contributed by atoms with Gasteiger partial charge in [-0.2, -0.15) is 5.26 Å². The van der Waals surface area contributed by atoms with Crippen molar-refractivity contribution in [2.75, 3.05) is 5.32 Å². The van der Waals surface area contributed by atoms with Gasteiger partial charge in [-0.05, 0) is 29.8 Å². The predicted molar refractivity (Wildman–Crippen MR) is 82.0 cm³/mol. The molecule has 4 rings (SSSR count). The molecule has 0 unspecified atom stereocenters. The van der Waals surface area contributed by atoms with Crippen LogP contribution in [0.3, 0.4) is 0 Å². The fourth-order valence-corrected chi connectivity index (χ4v) is 3.06. The van der Waals surface area contributed by atoms with E-state index >= 15 is 0 Å². The van der Waals surface area contributed by atoms with Gasteiger partial charge in [-0.1, -0.05) is 24.3 Å². The first kappa shape index (κ1) is 13.5. The predicted octanol–water partition coefficient (Wildman–Crippen LogP) is 2.86. The van der Waals surface area contributed by atoms with Crippen molar-refractivity contribution in [3.05, 3.63) is 59.9 Å². The molecule has 5 nitrogen and oxygen atoms in total. The Labute approximate surface area is 131 Å². The van der Waals surface area contributed by atoms with Gasteiger partial charge in [0.25, 0.3) is 0 Å². The number of nitriles is 1. The maximum atomic E-state index is 13.7. The van der Waals surface area contributed by atoms with Gasteiger partial charge in [0.1, 0.15) is 5.82 Å². The molecule has 6 heteroatoms. The molecule has 3 aromatic rings. The molecule has 0 aliphatic carbocycles. The highest BCUT2D eigenvalue weighted by atomic mass is 19.1. The van der Waals surface area contributed by atoms with Gasteiger partial charge >= 0.3 is 0 Å². The Morgan fingerprint density at radius 1 is 1.22 bits per heavy atom. The molecule has 0 radical (unpaired) electrons. The van der Waals surface area contributed by atoms with E-state index in [2.05, 4.69) is 10.3 Å². The lowest BCUT2D eigenvalue weighted by Gasteiger charge is -2.29. The molecular formula is C17H11FN4O. The fraction of sp³-hybridized carbons (Fsp3) is 0.118. The van der Waals surface area contributed by atoms with E-state index in [0.717, 1.165) is 5.52 Å². The number of rotatable bonds is 1. The number of nitrogens with zero attached hydrogens (tertiary/aromatic N) is 3. The second-order valence-electron chi connectivity index (χ2n) is 5.39. The molecule has 0 spiro atoms. The number of carbonyl (C=O) groups excluding carboxylic acids is 1. The van der Waals surface area contributed by atoms with Gasteiger partial charge in [0.05, 0.1) is 23.1 Å². The first-order valence-corrected chi connectivity index (χ1v) is 7.12. The molecule has 0 saturated carbocycles. The summed E-state index contributed by atoms with van der Waals surface area (Å²) in [5, 5.41) is 12.1. The van der Waals surface area contributed by atoms with Crippen LogP contribution >= 0.6 is 0 Å². The smallest absolute Gasteiger partial charge is 0.246 e. The van der Waals surface area contributed by atoms with E-state index in [1.165, 1.54) is 12.1 Å². The molecule has 1 N–H and O–H groups in total. The Bertz CT molecular complexity index is 972. The van der Waals surface area contributed by atoms with Crippen LogP contribution in [0, 0.1) is 23.1 Å². The maximum absolute atomic E-state index is 13.7. The van der Waals surface area contributed by atoms with Crippen LogP contribution in [0.5, 0.6) is 0 Å². The third-order valence-electron chi connectivity index (χ3n) is 4.04. The van der Waals surface area contributed by atoms with Crippen molar-refractivity contribution in [2.24, 2.45) is 5.92 Å². The quantitative estimate of drug-likeness (QED) is 0.751. The Morgan fingerprint density at radius 3 is 2.83 bits per heavy atom. The van der Waals surface area contributed by atoms with Gasteiger partial charge in [0.15, 0.2) is 5.92 Å². The molecule has 1 aliphatic rings. The summed E-state index contributed by atoms with van der Waals surface area (Å²) in [5.74, 6) is -1.42. The number of imidazole rings is 1. The number of benzene rings is 2. The Hall–Kier alpha value is -3.20. The summed E-state index contributed by atoms with van der Waals surface area (Å²) in [6.45, 7) is 0. The zero-order valence-corrected chi connectivity index (χ0v) is 11.9. The standard InChI is InChI=1S/C17H11FN4O/c18-11-5-3-4-10(8-11)15-12(9-19)16(23)21-17-20-13-6-1-2-7-14(13)22(15)17/h1-8,12,15H,(H,20,21,23)/t12-,15+/m0/s1. The van der Waals surface area contributed by atoms with Gasteiger partial charge in [-0.3, -0.25) is 10.1 Å². The molecule has 112 valence electrons. The Balaban J connectivity index is 2.02. The molecule has 2 aromatic carbocycles. The summed E-state index contributed by atoms with van der Waals surface area (Å²) in [6, 6.07) is 14.8. The van der Waals surface area contributed by atoms with E-state index in [0.29, 0.717) is 17.0 Å². The Kier molecular flexibility index (Phi) is 2.88. The van der Waals surface area contributed by atoms with Crippen molar-refractivity contribution in [3.8, 4) is 6.07 Å². The highest BCUT2D eigenvalue weighted by molar-refractivity contribution is 5.97. The van der Waals surface area contributed by atoms with Crippen molar-refractivity contribution in [3.63, 3.8) is 0 Å². The van der Waals surface area contributed by atoms with E-state index in [-0.39, 0.29) is 0 Å². The number of amides is 1. The number of aromatic nitrogens is 2. The van der Waals surface area contributed by atoms with Crippen LogP contribution in [0.25, 0.3) is 11.0 Å². The van der Waals surface area contributed by atoms with Crippen molar-refractivity contribution >= 4 is 22.9 Å². The number of hydrogen-bond donors (Lipinski definition) is 1. The highest BCUT2D eigenvalue weighted by Crippen LogP contribution is 2.37. The molecule has 2 atom stereocenters. The van der Waals surface area contributed by atoms with Crippen LogP contribution in [0.2, 0.25) is 0 Å². The number of halogens is 1. The van der Waals surface area contributed by atoms with Crippen molar-refractivity contribution < 1.29 is 9.18 Å². The van der Waals surface area contributed by atoms with E-state index in [1.807, 2.05) is 30.3 Å². The monoisotopic (exact) mass is 306 g/mol. The Morgan fingerprint density at radius 2 is 2.04 bits per heavy atom. The second kappa shape index (κ2) is 4.92. The van der Waals surface area contributed by atoms with Gasteiger partial charge in [0, 0.05) is 0 Å². The van der Waals surface area contributed by atoms with E-state index < -0.39 is 23.7 Å². The lowest BCUT2D eigenvalue weighted by molar-refractivity contribution is -0.119. The number of carbonyl (C=O) groups is 1. The number of nitrogens with one attached hydrogen (secondary N) is 1. The van der Waals surface area contributed by atoms with Crippen LogP contribution in [0.15, 0.2) is 48.5 Å². The lowest BCUT2D eigenvalue weighted by Crippen LogP contribution is -2.37. The SMILES string of the molecule is N#C[C@@H]1C(=O)Nc2nc3ccccc3n2[C@@H]1c1cccc(F)c1. The summed E-state index contributed by atoms with van der Waals surface area (Å²) < 4.78 is 15.4. The molecule has 0 saturated heterocycles. The normalized spacial score (nSPS) is 19.9. The molecule has 0 bridgehead atoms. The van der Waals surface area contributed by atoms with Gasteiger partial charge in [0.2, 0.25) is 11.9 Å². The molecule has 0 fully saturated rings. The first-order valence-electron chi connectivity index (χ1n) is 7.12. The van der Waals surface area contributed by atoms with Crippen LogP contribution in [-0.4, -0.2) is 15.5 Å². The number of para-hydroxylation sites is 2. The van der Waals surface area contributed by atoms with Crippen LogP contribution in [0.1, 0.15) is 11.6 Å². The maximum Gasteiger partial charge on any atom is 0.246 e. The zero-order chi connectivity index (χ0) is 16.0. The van der Waals surface area contributed by atoms with E-state index in [4.69, 9.17) is 0 Å². The van der Waals surface area contributed by atoms with Gasteiger partial charge in [-0.15, -0.1) is 0 Å². The molecule has 2 heterocycles. The van der Waals surface area contributed by atoms with Crippen molar-refractivity contribution in [1.82, 2.24) is 9.55 Å².